The third-order valence-electron chi connectivity index (χ3n) is 5.74. The zero-order valence-electron chi connectivity index (χ0n) is 16.4. The standard InChI is InChI=1S/C24H30N2O/c1-4-6-14-26-15-12-20(19(5-2)17-26)16-18(3)24(27)22-11-13-25-23-10-8-7-9-21(22)23/h5,7-11,13,19-20H,2-4,6,12,14-17H2,1H3/t19-,20-/m0/s1. The van der Waals surface area contributed by atoms with Crippen molar-refractivity contribution in [1.82, 2.24) is 9.88 Å². The second kappa shape index (κ2) is 9.09. The summed E-state index contributed by atoms with van der Waals surface area (Å²) in [6, 6.07) is 9.60. The first-order chi connectivity index (χ1) is 13.1. The molecule has 1 saturated heterocycles. The number of ketones is 1. The number of para-hydroxylation sites is 1. The van der Waals surface area contributed by atoms with Crippen LogP contribution in [0.2, 0.25) is 0 Å². The van der Waals surface area contributed by atoms with Crippen molar-refractivity contribution in [2.75, 3.05) is 19.6 Å². The first-order valence-electron chi connectivity index (χ1n) is 10.0. The van der Waals surface area contributed by atoms with Crippen molar-refractivity contribution >= 4 is 16.7 Å². The van der Waals surface area contributed by atoms with Gasteiger partial charge in [0.25, 0.3) is 0 Å². The molecule has 3 nitrogen and oxygen atoms in total. The molecule has 0 radical (unpaired) electrons. The van der Waals surface area contributed by atoms with Crippen LogP contribution in [0.5, 0.6) is 0 Å². The van der Waals surface area contributed by atoms with E-state index in [0.29, 0.717) is 23.0 Å². The summed E-state index contributed by atoms with van der Waals surface area (Å²) < 4.78 is 0. The Hall–Kier alpha value is -2.26. The highest BCUT2D eigenvalue weighted by Crippen LogP contribution is 2.31. The summed E-state index contributed by atoms with van der Waals surface area (Å²) in [6.07, 6.45) is 8.10. The molecule has 0 saturated carbocycles. The van der Waals surface area contributed by atoms with Gasteiger partial charge in [0.1, 0.15) is 0 Å². The molecule has 27 heavy (non-hydrogen) atoms. The highest BCUT2D eigenvalue weighted by molar-refractivity contribution is 6.15. The Labute approximate surface area is 162 Å². The highest BCUT2D eigenvalue weighted by Gasteiger charge is 2.28. The van der Waals surface area contributed by atoms with Gasteiger partial charge in [0.2, 0.25) is 0 Å². The van der Waals surface area contributed by atoms with E-state index in [2.05, 4.69) is 36.0 Å². The molecule has 1 aliphatic rings. The maximum absolute atomic E-state index is 13.1. The van der Waals surface area contributed by atoms with E-state index < -0.39 is 0 Å². The van der Waals surface area contributed by atoms with E-state index in [1.165, 1.54) is 12.8 Å². The monoisotopic (exact) mass is 362 g/mol. The lowest BCUT2D eigenvalue weighted by Crippen LogP contribution is -2.40. The fraction of sp³-hybridized carbons (Fsp3) is 0.417. The number of benzene rings is 1. The Morgan fingerprint density at radius 2 is 2.15 bits per heavy atom. The summed E-state index contributed by atoms with van der Waals surface area (Å²) in [5, 5.41) is 0.904. The van der Waals surface area contributed by atoms with Gasteiger partial charge in [0, 0.05) is 23.7 Å². The largest absolute Gasteiger partial charge is 0.303 e. The molecule has 1 aliphatic heterocycles. The zero-order valence-corrected chi connectivity index (χ0v) is 16.4. The number of piperidine rings is 1. The van der Waals surface area contributed by atoms with Gasteiger partial charge in [-0.15, -0.1) is 6.58 Å². The van der Waals surface area contributed by atoms with Crippen LogP contribution in [0.25, 0.3) is 10.9 Å². The maximum atomic E-state index is 13.1. The molecule has 0 spiro atoms. The van der Waals surface area contributed by atoms with Gasteiger partial charge in [0.15, 0.2) is 5.78 Å². The molecular formula is C24H30N2O. The van der Waals surface area contributed by atoms with E-state index in [4.69, 9.17) is 0 Å². The number of aromatic nitrogens is 1. The number of hydrogen-bond acceptors (Lipinski definition) is 3. The first kappa shape index (κ1) is 19.5. The summed E-state index contributed by atoms with van der Waals surface area (Å²) in [5.41, 5.74) is 2.26. The Morgan fingerprint density at radius 1 is 1.33 bits per heavy atom. The fourth-order valence-corrected chi connectivity index (χ4v) is 4.10. The van der Waals surface area contributed by atoms with E-state index in [1.807, 2.05) is 30.3 Å². The van der Waals surface area contributed by atoms with Crippen LogP contribution >= 0.6 is 0 Å². The van der Waals surface area contributed by atoms with E-state index in [9.17, 15) is 4.79 Å². The smallest absolute Gasteiger partial charge is 0.189 e. The van der Waals surface area contributed by atoms with Crippen LogP contribution in [0.3, 0.4) is 0 Å². The van der Waals surface area contributed by atoms with Crippen molar-refractivity contribution in [3.05, 3.63) is 66.9 Å². The lowest BCUT2D eigenvalue weighted by molar-refractivity contribution is 0.101. The number of hydrogen-bond donors (Lipinski definition) is 0. The average Bonchev–Trinajstić information content (AvgIpc) is 2.71. The molecule has 0 amide bonds. The van der Waals surface area contributed by atoms with Crippen molar-refractivity contribution in [2.45, 2.75) is 32.6 Å². The average molecular weight is 363 g/mol. The zero-order chi connectivity index (χ0) is 19.2. The van der Waals surface area contributed by atoms with Gasteiger partial charge >= 0.3 is 0 Å². The molecule has 1 aromatic heterocycles. The lowest BCUT2D eigenvalue weighted by Gasteiger charge is -2.37. The number of allylic oxidation sites excluding steroid dienone is 1. The molecule has 3 rings (SSSR count). The van der Waals surface area contributed by atoms with E-state index in [1.54, 1.807) is 6.20 Å². The molecule has 1 fully saturated rings. The van der Waals surface area contributed by atoms with Crippen LogP contribution in [-0.4, -0.2) is 35.3 Å². The highest BCUT2D eigenvalue weighted by atomic mass is 16.1. The van der Waals surface area contributed by atoms with Gasteiger partial charge in [-0.05, 0) is 61.9 Å². The molecule has 0 N–H and O–H groups in total. The predicted molar refractivity (Wildman–Crippen MR) is 113 cm³/mol. The summed E-state index contributed by atoms with van der Waals surface area (Å²) in [7, 11) is 0. The number of likely N-dealkylation sites (tertiary alicyclic amines) is 1. The van der Waals surface area contributed by atoms with Crippen LogP contribution < -0.4 is 0 Å². The van der Waals surface area contributed by atoms with Crippen LogP contribution in [0.1, 0.15) is 43.0 Å². The van der Waals surface area contributed by atoms with Gasteiger partial charge in [0.05, 0.1) is 5.52 Å². The number of Topliss-reactive ketones (excluding diaryl/α,β-unsaturated/α-hetero) is 1. The summed E-state index contributed by atoms with van der Waals surface area (Å²) in [6.45, 7) is 13.8. The maximum Gasteiger partial charge on any atom is 0.189 e. The summed E-state index contributed by atoms with van der Waals surface area (Å²) >= 11 is 0. The molecule has 0 bridgehead atoms. The van der Waals surface area contributed by atoms with E-state index in [-0.39, 0.29) is 5.78 Å². The number of rotatable bonds is 8. The van der Waals surface area contributed by atoms with Crippen LogP contribution in [0, 0.1) is 11.8 Å². The number of fused-ring (bicyclic) bond motifs is 1. The van der Waals surface area contributed by atoms with Crippen molar-refractivity contribution in [3.8, 4) is 0 Å². The molecular weight excluding hydrogens is 332 g/mol. The number of carbonyl (C=O) groups excluding carboxylic acids is 1. The molecule has 2 heterocycles. The van der Waals surface area contributed by atoms with Crippen LogP contribution in [-0.2, 0) is 0 Å². The van der Waals surface area contributed by atoms with Gasteiger partial charge < -0.3 is 4.90 Å². The Balaban J connectivity index is 1.69. The van der Waals surface area contributed by atoms with E-state index in [0.717, 1.165) is 43.4 Å². The van der Waals surface area contributed by atoms with Crippen molar-refractivity contribution in [1.29, 1.82) is 0 Å². The van der Waals surface area contributed by atoms with Gasteiger partial charge in [-0.25, -0.2) is 0 Å². The topological polar surface area (TPSA) is 33.2 Å². The molecule has 2 aromatic rings. The minimum atomic E-state index is 0.0461. The van der Waals surface area contributed by atoms with Crippen molar-refractivity contribution in [3.63, 3.8) is 0 Å². The quantitative estimate of drug-likeness (QED) is 0.363. The second-order valence-corrected chi connectivity index (χ2v) is 7.61. The van der Waals surface area contributed by atoms with Gasteiger partial charge in [-0.1, -0.05) is 44.2 Å². The SMILES string of the molecule is C=C[C@H]1CN(CCCC)CC[C@H]1CC(=C)C(=O)c1ccnc2ccccc12. The second-order valence-electron chi connectivity index (χ2n) is 7.61. The number of nitrogens with zero attached hydrogens (tertiary/aromatic N) is 2. The molecule has 0 unspecified atom stereocenters. The Bertz CT molecular complexity index is 821. The fourth-order valence-electron chi connectivity index (χ4n) is 4.10. The third-order valence-corrected chi connectivity index (χ3v) is 5.74. The van der Waals surface area contributed by atoms with Crippen molar-refractivity contribution < 1.29 is 4.79 Å². The number of carbonyl (C=O) groups is 1. The number of unbranched alkanes of at least 4 members (excludes halogenated alkanes) is 1. The lowest BCUT2D eigenvalue weighted by atomic mass is 9.80. The predicted octanol–water partition coefficient (Wildman–Crippen LogP) is 5.29. The van der Waals surface area contributed by atoms with Gasteiger partial charge in [-0.3, -0.25) is 9.78 Å². The third kappa shape index (κ3) is 4.54. The Morgan fingerprint density at radius 3 is 2.93 bits per heavy atom. The summed E-state index contributed by atoms with van der Waals surface area (Å²) in [5.74, 6) is 0.920. The van der Waals surface area contributed by atoms with E-state index >= 15 is 0 Å². The molecule has 0 aliphatic carbocycles. The van der Waals surface area contributed by atoms with Crippen LogP contribution in [0.15, 0.2) is 61.3 Å². The molecule has 1 aromatic carbocycles. The van der Waals surface area contributed by atoms with Crippen molar-refractivity contribution in [2.24, 2.45) is 11.8 Å². The minimum Gasteiger partial charge on any atom is -0.303 e. The van der Waals surface area contributed by atoms with Gasteiger partial charge in [-0.2, -0.15) is 0 Å². The molecule has 142 valence electrons. The minimum absolute atomic E-state index is 0.0461. The normalized spacial score (nSPS) is 20.5. The number of pyridine rings is 1. The van der Waals surface area contributed by atoms with Crippen LogP contribution in [0.4, 0.5) is 0 Å². The molecule has 3 heteroatoms. The first-order valence-corrected chi connectivity index (χ1v) is 10.0. The molecule has 2 atom stereocenters. The summed E-state index contributed by atoms with van der Waals surface area (Å²) in [4.78, 5) is 20.0. The Kier molecular flexibility index (Phi) is 6.57.